The molecule has 1 N–H and O–H groups in total. The average molecular weight is 354 g/mol. The summed E-state index contributed by atoms with van der Waals surface area (Å²) in [5.74, 6) is -0.0479. The number of carbonyl (C=O) groups is 1. The molecule has 0 saturated carbocycles. The van der Waals surface area contributed by atoms with Crippen LogP contribution in [-0.4, -0.2) is 51.5 Å². The third-order valence-corrected chi connectivity index (χ3v) is 6.23. The molecule has 24 heavy (non-hydrogen) atoms. The number of aryl methyl sites for hydroxylation is 1. The van der Waals surface area contributed by atoms with Crippen molar-refractivity contribution in [1.29, 1.82) is 0 Å². The van der Waals surface area contributed by atoms with Gasteiger partial charge in [0.1, 0.15) is 0 Å². The highest BCUT2D eigenvalue weighted by molar-refractivity contribution is 7.89. The molecule has 0 atom stereocenters. The fourth-order valence-electron chi connectivity index (χ4n) is 2.78. The van der Waals surface area contributed by atoms with Gasteiger partial charge in [0.25, 0.3) is 0 Å². The maximum atomic E-state index is 12.7. The smallest absolute Gasteiger partial charge is 0.243 e. The number of amides is 1. The van der Waals surface area contributed by atoms with Crippen LogP contribution in [0, 0.1) is 0 Å². The van der Waals surface area contributed by atoms with Gasteiger partial charge >= 0.3 is 0 Å². The van der Waals surface area contributed by atoms with E-state index in [2.05, 4.69) is 5.32 Å². The second-order valence-corrected chi connectivity index (χ2v) is 7.92. The Morgan fingerprint density at radius 3 is 2.42 bits per heavy atom. The first-order valence-corrected chi connectivity index (χ1v) is 9.78. The molecule has 6 nitrogen and oxygen atoms in total. The van der Waals surface area contributed by atoms with Crippen LogP contribution in [0.3, 0.4) is 0 Å². The average Bonchev–Trinajstić information content (AvgIpc) is 2.60. The van der Waals surface area contributed by atoms with Gasteiger partial charge < -0.3 is 10.1 Å². The number of sulfonamides is 1. The van der Waals surface area contributed by atoms with Gasteiger partial charge in [-0.25, -0.2) is 8.42 Å². The summed E-state index contributed by atoms with van der Waals surface area (Å²) in [6.45, 7) is 3.28. The number of methoxy groups -OCH3 is 1. The Labute approximate surface area is 144 Å². The van der Waals surface area contributed by atoms with Gasteiger partial charge in [-0.3, -0.25) is 4.79 Å². The van der Waals surface area contributed by atoms with E-state index in [9.17, 15) is 13.2 Å². The predicted octanol–water partition coefficient (Wildman–Crippen LogP) is 1.55. The van der Waals surface area contributed by atoms with Crippen LogP contribution >= 0.6 is 0 Å². The van der Waals surface area contributed by atoms with E-state index in [4.69, 9.17) is 4.74 Å². The lowest BCUT2D eigenvalue weighted by atomic mass is 10.1. The number of benzene rings is 1. The van der Waals surface area contributed by atoms with Crippen LogP contribution in [0.2, 0.25) is 0 Å². The van der Waals surface area contributed by atoms with E-state index in [0.717, 1.165) is 12.0 Å². The van der Waals surface area contributed by atoms with Crippen LogP contribution < -0.4 is 5.32 Å². The van der Waals surface area contributed by atoms with Crippen LogP contribution in [0.4, 0.5) is 0 Å². The highest BCUT2D eigenvalue weighted by Gasteiger charge is 2.29. The molecular formula is C17H26N2O4S. The summed E-state index contributed by atoms with van der Waals surface area (Å²) >= 11 is 0. The first kappa shape index (κ1) is 18.9. The summed E-state index contributed by atoms with van der Waals surface area (Å²) in [5.41, 5.74) is 1.12. The molecule has 0 aliphatic carbocycles. The molecule has 1 aliphatic rings. The fraction of sp³-hybridized carbons (Fsp3) is 0.588. The molecule has 0 bridgehead atoms. The van der Waals surface area contributed by atoms with Gasteiger partial charge in [-0.15, -0.1) is 0 Å². The fourth-order valence-corrected chi connectivity index (χ4v) is 4.25. The molecule has 1 heterocycles. The Bertz CT molecular complexity index is 635. The van der Waals surface area contributed by atoms with Gasteiger partial charge in [0.2, 0.25) is 15.9 Å². The summed E-state index contributed by atoms with van der Waals surface area (Å²) in [7, 11) is -1.89. The van der Waals surface area contributed by atoms with Crippen LogP contribution in [0.1, 0.15) is 31.7 Å². The molecule has 1 aromatic rings. The molecule has 0 aromatic heterocycles. The standard InChI is InChI=1S/C17H26N2O4S/c1-3-14-4-6-16(7-5-14)24(21,22)19-11-8-15(9-12-19)18-17(20)10-13-23-2/h4-7,15H,3,8-13H2,1-2H3,(H,18,20). The predicted molar refractivity (Wildman–Crippen MR) is 92.2 cm³/mol. The summed E-state index contributed by atoms with van der Waals surface area (Å²) in [5, 5.41) is 2.94. The van der Waals surface area contributed by atoms with Crippen molar-refractivity contribution < 1.29 is 17.9 Å². The van der Waals surface area contributed by atoms with Crippen molar-refractivity contribution in [3.8, 4) is 0 Å². The number of hydrogen-bond acceptors (Lipinski definition) is 4. The topological polar surface area (TPSA) is 75.7 Å². The number of rotatable bonds is 7. The lowest BCUT2D eigenvalue weighted by molar-refractivity contribution is -0.122. The minimum Gasteiger partial charge on any atom is -0.384 e. The van der Waals surface area contributed by atoms with Crippen LogP contribution in [0.15, 0.2) is 29.2 Å². The molecule has 1 aliphatic heterocycles. The summed E-state index contributed by atoms with van der Waals surface area (Å²) in [6, 6.07) is 7.09. The number of hydrogen-bond donors (Lipinski definition) is 1. The summed E-state index contributed by atoms with van der Waals surface area (Å²) in [4.78, 5) is 12.0. The van der Waals surface area contributed by atoms with E-state index in [1.54, 1.807) is 19.2 Å². The largest absolute Gasteiger partial charge is 0.384 e. The maximum Gasteiger partial charge on any atom is 0.243 e. The molecule has 1 amide bonds. The Hall–Kier alpha value is -1.44. The van der Waals surface area contributed by atoms with Gasteiger partial charge in [0, 0.05) is 32.7 Å². The van der Waals surface area contributed by atoms with E-state index in [1.807, 2.05) is 19.1 Å². The zero-order valence-electron chi connectivity index (χ0n) is 14.3. The van der Waals surface area contributed by atoms with Gasteiger partial charge in [-0.2, -0.15) is 4.31 Å². The van der Waals surface area contributed by atoms with Gasteiger partial charge in [-0.05, 0) is 37.0 Å². The third kappa shape index (κ3) is 4.78. The zero-order valence-corrected chi connectivity index (χ0v) is 15.1. The van der Waals surface area contributed by atoms with Gasteiger partial charge in [0.15, 0.2) is 0 Å². The first-order chi connectivity index (χ1) is 11.5. The van der Waals surface area contributed by atoms with E-state index in [-0.39, 0.29) is 11.9 Å². The summed E-state index contributed by atoms with van der Waals surface area (Å²) in [6.07, 6.45) is 2.48. The second kappa shape index (κ2) is 8.60. The molecule has 134 valence electrons. The van der Waals surface area contributed by atoms with Crippen molar-refractivity contribution >= 4 is 15.9 Å². The molecule has 7 heteroatoms. The monoisotopic (exact) mass is 354 g/mol. The first-order valence-electron chi connectivity index (χ1n) is 8.34. The van der Waals surface area contributed by atoms with Crippen molar-refractivity contribution in [2.75, 3.05) is 26.8 Å². The van der Waals surface area contributed by atoms with Gasteiger partial charge in [0.05, 0.1) is 11.5 Å². The van der Waals surface area contributed by atoms with E-state index in [0.29, 0.717) is 43.9 Å². The number of ether oxygens (including phenoxy) is 1. The zero-order chi connectivity index (χ0) is 17.6. The van der Waals surface area contributed by atoms with E-state index in [1.165, 1.54) is 4.31 Å². The lowest BCUT2D eigenvalue weighted by Crippen LogP contribution is -2.46. The Morgan fingerprint density at radius 2 is 1.88 bits per heavy atom. The SMILES string of the molecule is CCc1ccc(S(=O)(=O)N2CCC(NC(=O)CCOC)CC2)cc1. The number of nitrogens with zero attached hydrogens (tertiary/aromatic N) is 1. The summed E-state index contributed by atoms with van der Waals surface area (Å²) < 4.78 is 31.7. The molecule has 0 unspecified atom stereocenters. The quantitative estimate of drug-likeness (QED) is 0.806. The van der Waals surface area contributed by atoms with Crippen LogP contribution in [-0.2, 0) is 26.0 Å². The van der Waals surface area contributed by atoms with Crippen molar-refractivity contribution in [2.24, 2.45) is 0 Å². The van der Waals surface area contributed by atoms with Crippen molar-refractivity contribution in [3.05, 3.63) is 29.8 Å². The van der Waals surface area contributed by atoms with Crippen molar-refractivity contribution in [2.45, 2.75) is 43.5 Å². The van der Waals surface area contributed by atoms with Crippen LogP contribution in [0.5, 0.6) is 0 Å². The van der Waals surface area contributed by atoms with Crippen molar-refractivity contribution in [1.82, 2.24) is 9.62 Å². The molecule has 1 saturated heterocycles. The number of piperidine rings is 1. The van der Waals surface area contributed by atoms with Crippen molar-refractivity contribution in [3.63, 3.8) is 0 Å². The maximum absolute atomic E-state index is 12.7. The minimum atomic E-state index is -3.45. The number of carbonyl (C=O) groups excluding carboxylic acids is 1. The Morgan fingerprint density at radius 1 is 1.25 bits per heavy atom. The Balaban J connectivity index is 1.91. The molecule has 2 rings (SSSR count). The van der Waals surface area contributed by atoms with Crippen LogP contribution in [0.25, 0.3) is 0 Å². The van der Waals surface area contributed by atoms with Gasteiger partial charge in [-0.1, -0.05) is 19.1 Å². The Kier molecular flexibility index (Phi) is 6.77. The molecule has 0 radical (unpaired) electrons. The second-order valence-electron chi connectivity index (χ2n) is 5.99. The lowest BCUT2D eigenvalue weighted by Gasteiger charge is -2.31. The highest BCUT2D eigenvalue weighted by Crippen LogP contribution is 2.21. The van der Waals surface area contributed by atoms with E-state index >= 15 is 0 Å². The minimum absolute atomic E-state index is 0.0308. The molecule has 1 aromatic carbocycles. The highest BCUT2D eigenvalue weighted by atomic mass is 32.2. The normalized spacial score (nSPS) is 16.9. The molecule has 0 spiro atoms. The van der Waals surface area contributed by atoms with E-state index < -0.39 is 10.0 Å². The molecular weight excluding hydrogens is 328 g/mol. The third-order valence-electron chi connectivity index (χ3n) is 4.32. The number of nitrogens with one attached hydrogen (secondary N) is 1. The molecule has 1 fully saturated rings.